The predicted molar refractivity (Wildman–Crippen MR) is 74.1 cm³/mol. The molecule has 1 N–H and O–H groups in total. The van der Waals surface area contributed by atoms with Crippen LogP contribution in [0.1, 0.15) is 12.8 Å². The van der Waals surface area contributed by atoms with E-state index in [0.29, 0.717) is 12.8 Å². The Labute approximate surface area is 123 Å². The standard InChI is InChI=1S/C13H17NO6S/c1-19-10-6-3-7-11(20-2)12(10)21(17,18)14-8-4-5-9(14)13(15)16/h3,6-7,9H,4-5,8H2,1-2H3,(H,15,16)/t9-/m0/s1. The van der Waals surface area contributed by atoms with E-state index >= 15 is 0 Å². The van der Waals surface area contributed by atoms with Crippen LogP contribution < -0.4 is 9.47 Å². The van der Waals surface area contributed by atoms with Gasteiger partial charge in [0, 0.05) is 6.54 Å². The summed E-state index contributed by atoms with van der Waals surface area (Å²) in [6.07, 6.45) is 0.805. The molecule has 7 nitrogen and oxygen atoms in total. The summed E-state index contributed by atoms with van der Waals surface area (Å²) in [6.45, 7) is 0.167. The normalized spacial score (nSPS) is 19.4. The Bertz CT molecular complexity index is 620. The van der Waals surface area contributed by atoms with E-state index in [1.54, 1.807) is 6.07 Å². The molecule has 1 aliphatic heterocycles. The maximum Gasteiger partial charge on any atom is 0.322 e. The summed E-state index contributed by atoms with van der Waals surface area (Å²) in [5.41, 5.74) is 0. The number of hydrogen-bond acceptors (Lipinski definition) is 5. The van der Waals surface area contributed by atoms with Crippen molar-refractivity contribution in [1.29, 1.82) is 0 Å². The fraction of sp³-hybridized carbons (Fsp3) is 0.462. The van der Waals surface area contributed by atoms with Gasteiger partial charge in [-0.25, -0.2) is 8.42 Å². The van der Waals surface area contributed by atoms with Gasteiger partial charge in [0.05, 0.1) is 14.2 Å². The van der Waals surface area contributed by atoms with Crippen LogP contribution >= 0.6 is 0 Å². The number of carbonyl (C=O) groups is 1. The number of methoxy groups -OCH3 is 2. The second-order valence-electron chi connectivity index (χ2n) is 4.60. The van der Waals surface area contributed by atoms with E-state index < -0.39 is 22.0 Å². The Balaban J connectivity index is 2.56. The van der Waals surface area contributed by atoms with Crippen LogP contribution in [0.5, 0.6) is 11.5 Å². The molecule has 116 valence electrons. The first-order valence-corrected chi connectivity index (χ1v) is 7.83. The third kappa shape index (κ3) is 2.68. The van der Waals surface area contributed by atoms with Crippen LogP contribution in [0.15, 0.2) is 23.1 Å². The van der Waals surface area contributed by atoms with E-state index in [0.717, 1.165) is 4.31 Å². The third-order valence-corrected chi connectivity index (χ3v) is 5.41. The van der Waals surface area contributed by atoms with Gasteiger partial charge in [0.2, 0.25) is 0 Å². The van der Waals surface area contributed by atoms with Crippen molar-refractivity contribution in [2.24, 2.45) is 0 Å². The van der Waals surface area contributed by atoms with Crippen molar-refractivity contribution < 1.29 is 27.8 Å². The van der Waals surface area contributed by atoms with Gasteiger partial charge in [-0.1, -0.05) is 6.07 Å². The topological polar surface area (TPSA) is 93.1 Å². The molecular weight excluding hydrogens is 298 g/mol. The fourth-order valence-corrected chi connectivity index (χ4v) is 4.41. The maximum atomic E-state index is 12.8. The van der Waals surface area contributed by atoms with Gasteiger partial charge < -0.3 is 14.6 Å². The second kappa shape index (κ2) is 5.90. The number of carboxylic acid groups (broad SMARTS) is 1. The minimum absolute atomic E-state index is 0.130. The zero-order valence-electron chi connectivity index (χ0n) is 11.8. The molecule has 1 aliphatic rings. The quantitative estimate of drug-likeness (QED) is 0.869. The molecular formula is C13H17NO6S. The van der Waals surface area contributed by atoms with Crippen LogP contribution in [-0.2, 0) is 14.8 Å². The number of carboxylic acids is 1. The summed E-state index contributed by atoms with van der Waals surface area (Å²) in [6, 6.07) is 3.56. The lowest BCUT2D eigenvalue weighted by Crippen LogP contribution is -2.40. The zero-order valence-corrected chi connectivity index (χ0v) is 12.6. The van der Waals surface area contributed by atoms with Gasteiger partial charge in [-0.15, -0.1) is 0 Å². The molecule has 2 rings (SSSR count). The van der Waals surface area contributed by atoms with Crippen molar-refractivity contribution in [2.45, 2.75) is 23.8 Å². The molecule has 0 saturated carbocycles. The smallest absolute Gasteiger partial charge is 0.322 e. The summed E-state index contributed by atoms with van der Waals surface area (Å²) in [7, 11) is -1.31. The largest absolute Gasteiger partial charge is 0.495 e. The second-order valence-corrected chi connectivity index (χ2v) is 6.43. The molecule has 0 unspecified atom stereocenters. The first-order chi connectivity index (χ1) is 9.93. The molecule has 1 fully saturated rings. The van der Waals surface area contributed by atoms with E-state index in [9.17, 15) is 18.3 Å². The van der Waals surface area contributed by atoms with Crippen LogP contribution in [0.3, 0.4) is 0 Å². The molecule has 8 heteroatoms. The van der Waals surface area contributed by atoms with Crippen molar-refractivity contribution in [3.8, 4) is 11.5 Å². The van der Waals surface area contributed by atoms with Crippen LogP contribution in [-0.4, -0.2) is 50.6 Å². The summed E-state index contributed by atoms with van der Waals surface area (Å²) in [5.74, 6) is -0.888. The average Bonchev–Trinajstić information content (AvgIpc) is 2.96. The fourth-order valence-electron chi connectivity index (χ4n) is 2.46. The first-order valence-electron chi connectivity index (χ1n) is 6.39. The lowest BCUT2D eigenvalue weighted by Gasteiger charge is -2.23. The van der Waals surface area contributed by atoms with Gasteiger partial charge in [-0.05, 0) is 25.0 Å². The lowest BCUT2D eigenvalue weighted by molar-refractivity contribution is -0.140. The highest BCUT2D eigenvalue weighted by molar-refractivity contribution is 7.89. The lowest BCUT2D eigenvalue weighted by atomic mass is 10.2. The Hall–Kier alpha value is -1.80. The molecule has 1 aromatic rings. The van der Waals surface area contributed by atoms with Gasteiger partial charge in [0.15, 0.2) is 4.90 Å². The minimum Gasteiger partial charge on any atom is -0.495 e. The highest BCUT2D eigenvalue weighted by atomic mass is 32.2. The molecule has 0 amide bonds. The zero-order chi connectivity index (χ0) is 15.6. The third-order valence-electron chi connectivity index (χ3n) is 3.44. The number of hydrogen-bond donors (Lipinski definition) is 1. The van der Waals surface area contributed by atoms with Gasteiger partial charge in [0.1, 0.15) is 17.5 Å². The number of rotatable bonds is 5. The van der Waals surface area contributed by atoms with Crippen molar-refractivity contribution in [1.82, 2.24) is 4.31 Å². The summed E-state index contributed by atoms with van der Waals surface area (Å²) >= 11 is 0. The van der Waals surface area contributed by atoms with Gasteiger partial charge >= 0.3 is 5.97 Å². The Kier molecular flexibility index (Phi) is 4.38. The monoisotopic (exact) mass is 315 g/mol. The minimum atomic E-state index is -4.02. The van der Waals surface area contributed by atoms with Gasteiger partial charge in [0.25, 0.3) is 10.0 Å². The van der Waals surface area contributed by atoms with Gasteiger partial charge in [-0.2, -0.15) is 4.31 Å². The Morgan fingerprint density at radius 3 is 2.33 bits per heavy atom. The van der Waals surface area contributed by atoms with Crippen molar-refractivity contribution in [2.75, 3.05) is 20.8 Å². The Morgan fingerprint density at radius 1 is 1.29 bits per heavy atom. The molecule has 1 heterocycles. The number of ether oxygens (including phenoxy) is 2. The van der Waals surface area contributed by atoms with Crippen molar-refractivity contribution >= 4 is 16.0 Å². The number of nitrogens with zero attached hydrogens (tertiary/aromatic N) is 1. The van der Waals surface area contributed by atoms with Crippen LogP contribution in [0.4, 0.5) is 0 Å². The molecule has 1 aromatic carbocycles. The van der Waals surface area contributed by atoms with Crippen LogP contribution in [0.25, 0.3) is 0 Å². The highest BCUT2D eigenvalue weighted by Crippen LogP contribution is 2.37. The predicted octanol–water partition coefficient (Wildman–Crippen LogP) is 0.942. The molecule has 0 spiro atoms. The summed E-state index contributed by atoms with van der Waals surface area (Å²) in [5, 5.41) is 9.18. The molecule has 0 aliphatic carbocycles. The number of benzene rings is 1. The van der Waals surface area contributed by atoms with Crippen molar-refractivity contribution in [3.63, 3.8) is 0 Å². The van der Waals surface area contributed by atoms with Crippen LogP contribution in [0, 0.1) is 0 Å². The van der Waals surface area contributed by atoms with E-state index in [1.807, 2.05) is 0 Å². The molecule has 21 heavy (non-hydrogen) atoms. The molecule has 0 radical (unpaired) electrons. The average molecular weight is 315 g/mol. The highest BCUT2D eigenvalue weighted by Gasteiger charge is 2.42. The number of aliphatic carboxylic acids is 1. The molecule has 1 saturated heterocycles. The first kappa shape index (κ1) is 15.6. The Morgan fingerprint density at radius 2 is 1.86 bits per heavy atom. The summed E-state index contributed by atoms with van der Waals surface area (Å²) in [4.78, 5) is 11.1. The van der Waals surface area contributed by atoms with E-state index in [1.165, 1.54) is 26.4 Å². The van der Waals surface area contributed by atoms with E-state index in [2.05, 4.69) is 0 Å². The number of sulfonamides is 1. The molecule has 1 atom stereocenters. The maximum absolute atomic E-state index is 12.8. The van der Waals surface area contributed by atoms with Crippen LogP contribution in [0.2, 0.25) is 0 Å². The van der Waals surface area contributed by atoms with E-state index in [-0.39, 0.29) is 22.9 Å². The van der Waals surface area contributed by atoms with Gasteiger partial charge in [-0.3, -0.25) is 4.79 Å². The molecule has 0 aromatic heterocycles. The molecule has 0 bridgehead atoms. The SMILES string of the molecule is COc1cccc(OC)c1S(=O)(=O)N1CCC[C@H]1C(=O)O. The van der Waals surface area contributed by atoms with Crippen molar-refractivity contribution in [3.05, 3.63) is 18.2 Å². The summed E-state index contributed by atoms with van der Waals surface area (Å²) < 4.78 is 36.8. The van der Waals surface area contributed by atoms with E-state index in [4.69, 9.17) is 9.47 Å².